The Bertz CT molecular complexity index is 710. The van der Waals surface area contributed by atoms with Gasteiger partial charge in [-0.1, -0.05) is 25.7 Å². The number of hydrogen-bond donors (Lipinski definition) is 3. The summed E-state index contributed by atoms with van der Waals surface area (Å²) in [7, 11) is 0. The summed E-state index contributed by atoms with van der Waals surface area (Å²) in [5, 5.41) is 21.5. The molecule has 3 saturated heterocycles. The van der Waals surface area contributed by atoms with Crippen LogP contribution in [0.3, 0.4) is 0 Å². The number of rotatable bonds is 5. The van der Waals surface area contributed by atoms with Crippen LogP contribution in [0.25, 0.3) is 0 Å². The van der Waals surface area contributed by atoms with Crippen molar-refractivity contribution >= 4 is 23.8 Å². The van der Waals surface area contributed by atoms with Crippen molar-refractivity contribution in [3.05, 3.63) is 5.89 Å². The van der Waals surface area contributed by atoms with Crippen LogP contribution in [0, 0.1) is 11.8 Å². The lowest BCUT2D eigenvalue weighted by molar-refractivity contribution is -0.159. The highest BCUT2D eigenvalue weighted by Crippen LogP contribution is 2.38. The molecule has 3 N–H and O–H groups in total. The molecule has 3 aliphatic heterocycles. The van der Waals surface area contributed by atoms with Gasteiger partial charge in [0.15, 0.2) is 0 Å². The molecule has 1 atom stereocenters. The largest absolute Gasteiger partial charge is 0.473 e. The second-order valence-corrected chi connectivity index (χ2v) is 8.05. The predicted molar refractivity (Wildman–Crippen MR) is 101 cm³/mol. The molecule has 10 nitrogen and oxygen atoms in total. The molecular weight excluding hydrogens is 380 g/mol. The SMILES string of the molecule is O=C(CCC1CCCC1)Nc1noc(C2CN3CCC2CC3)n1.O=C(O)C(=O)O. The van der Waals surface area contributed by atoms with Crippen molar-refractivity contribution in [3.63, 3.8) is 0 Å². The Hall–Kier alpha value is -2.49. The maximum atomic E-state index is 12.0. The van der Waals surface area contributed by atoms with Crippen molar-refractivity contribution in [2.24, 2.45) is 11.8 Å². The quantitative estimate of drug-likeness (QED) is 0.622. The van der Waals surface area contributed by atoms with Gasteiger partial charge < -0.3 is 19.6 Å². The van der Waals surface area contributed by atoms with Crippen LogP contribution in [0.4, 0.5) is 5.95 Å². The predicted octanol–water partition coefficient (Wildman–Crippen LogP) is 1.94. The topological polar surface area (TPSA) is 146 Å². The molecule has 1 amide bonds. The molecule has 29 heavy (non-hydrogen) atoms. The number of piperidine rings is 3. The van der Waals surface area contributed by atoms with E-state index < -0.39 is 11.9 Å². The lowest BCUT2D eigenvalue weighted by Crippen LogP contribution is -2.46. The summed E-state index contributed by atoms with van der Waals surface area (Å²) in [6, 6.07) is 0. The second-order valence-electron chi connectivity index (χ2n) is 8.05. The first-order valence-electron chi connectivity index (χ1n) is 10.2. The van der Waals surface area contributed by atoms with Crippen LogP contribution in [0.2, 0.25) is 0 Å². The number of nitrogens with one attached hydrogen (secondary N) is 1. The Morgan fingerprint density at radius 3 is 2.28 bits per heavy atom. The zero-order valence-electron chi connectivity index (χ0n) is 16.4. The van der Waals surface area contributed by atoms with Gasteiger partial charge in [-0.05, 0) is 49.3 Å². The minimum absolute atomic E-state index is 0.0122. The molecule has 1 aromatic rings. The molecule has 4 fully saturated rings. The summed E-state index contributed by atoms with van der Waals surface area (Å²) in [4.78, 5) is 37.1. The third kappa shape index (κ3) is 5.99. The highest BCUT2D eigenvalue weighted by atomic mass is 16.5. The molecular formula is C19H28N4O6. The highest BCUT2D eigenvalue weighted by molar-refractivity contribution is 6.27. The molecule has 1 unspecified atom stereocenters. The zero-order valence-corrected chi connectivity index (χ0v) is 16.4. The van der Waals surface area contributed by atoms with Gasteiger partial charge in [0.1, 0.15) is 0 Å². The summed E-state index contributed by atoms with van der Waals surface area (Å²) in [6.07, 6.45) is 9.18. The van der Waals surface area contributed by atoms with Crippen LogP contribution in [-0.4, -0.2) is 62.7 Å². The van der Waals surface area contributed by atoms with E-state index in [-0.39, 0.29) is 5.91 Å². The zero-order chi connectivity index (χ0) is 20.8. The average Bonchev–Trinajstić information content (AvgIpc) is 3.40. The number of anilines is 1. The maximum absolute atomic E-state index is 12.0. The van der Waals surface area contributed by atoms with Crippen molar-refractivity contribution in [3.8, 4) is 0 Å². The summed E-state index contributed by atoms with van der Waals surface area (Å²) >= 11 is 0. The fraction of sp³-hybridized carbons (Fsp3) is 0.737. The molecule has 1 saturated carbocycles. The van der Waals surface area contributed by atoms with Gasteiger partial charge in [0.05, 0.1) is 5.92 Å². The van der Waals surface area contributed by atoms with Gasteiger partial charge in [-0.3, -0.25) is 10.1 Å². The number of aromatic nitrogens is 2. The molecule has 0 spiro atoms. The van der Waals surface area contributed by atoms with Crippen molar-refractivity contribution in [1.29, 1.82) is 0 Å². The highest BCUT2D eigenvalue weighted by Gasteiger charge is 2.38. The summed E-state index contributed by atoms with van der Waals surface area (Å²) in [5.41, 5.74) is 0. The molecule has 4 aliphatic rings. The Labute approximate surface area is 168 Å². The third-order valence-electron chi connectivity index (χ3n) is 6.10. The first kappa shape index (κ1) is 21.2. The fourth-order valence-corrected chi connectivity index (χ4v) is 4.50. The first-order valence-corrected chi connectivity index (χ1v) is 10.2. The fourth-order valence-electron chi connectivity index (χ4n) is 4.50. The Morgan fingerprint density at radius 1 is 1.07 bits per heavy atom. The van der Waals surface area contributed by atoms with Gasteiger partial charge in [-0.25, -0.2) is 9.59 Å². The van der Waals surface area contributed by atoms with E-state index in [1.807, 2.05) is 0 Å². The Balaban J connectivity index is 0.000000353. The van der Waals surface area contributed by atoms with Crippen LogP contribution in [0.15, 0.2) is 4.52 Å². The molecule has 10 heteroatoms. The molecule has 1 aliphatic carbocycles. The summed E-state index contributed by atoms with van der Waals surface area (Å²) in [5.74, 6) is -0.865. The maximum Gasteiger partial charge on any atom is 0.414 e. The number of carboxylic acid groups (broad SMARTS) is 2. The van der Waals surface area contributed by atoms with E-state index >= 15 is 0 Å². The molecule has 2 bridgehead atoms. The standard InChI is InChI=1S/C17H26N4O2.C2H2O4/c22-15(6-5-12-3-1-2-4-12)18-17-19-16(23-20-17)14-11-21-9-7-13(14)8-10-21;3-1(4)2(5)6/h12-14H,1-11H2,(H,18,20,22);(H,3,4)(H,5,6). The van der Waals surface area contributed by atoms with E-state index in [1.54, 1.807) is 0 Å². The summed E-state index contributed by atoms with van der Waals surface area (Å²) < 4.78 is 5.43. The monoisotopic (exact) mass is 408 g/mol. The number of fused-ring (bicyclic) bond motifs is 3. The average molecular weight is 408 g/mol. The normalized spacial score (nSPS) is 25.9. The summed E-state index contributed by atoms with van der Waals surface area (Å²) in [6.45, 7) is 3.40. The molecule has 0 aromatic carbocycles. The minimum atomic E-state index is -1.82. The van der Waals surface area contributed by atoms with Crippen LogP contribution in [0.5, 0.6) is 0 Å². The molecule has 1 aromatic heterocycles. The third-order valence-corrected chi connectivity index (χ3v) is 6.10. The number of carbonyl (C=O) groups is 3. The van der Waals surface area contributed by atoms with E-state index in [9.17, 15) is 4.79 Å². The van der Waals surface area contributed by atoms with E-state index in [4.69, 9.17) is 24.3 Å². The van der Waals surface area contributed by atoms with Crippen LogP contribution >= 0.6 is 0 Å². The lowest BCUT2D eigenvalue weighted by atomic mass is 9.79. The number of carboxylic acids is 2. The van der Waals surface area contributed by atoms with E-state index in [2.05, 4.69) is 20.4 Å². The van der Waals surface area contributed by atoms with Crippen molar-refractivity contribution < 1.29 is 29.1 Å². The van der Waals surface area contributed by atoms with Crippen LogP contribution in [-0.2, 0) is 14.4 Å². The Morgan fingerprint density at radius 2 is 1.72 bits per heavy atom. The second kappa shape index (κ2) is 9.82. The number of nitrogens with zero attached hydrogens (tertiary/aromatic N) is 3. The van der Waals surface area contributed by atoms with Gasteiger partial charge in [0.2, 0.25) is 11.8 Å². The van der Waals surface area contributed by atoms with Crippen LogP contribution < -0.4 is 5.32 Å². The number of aliphatic carboxylic acids is 2. The minimum Gasteiger partial charge on any atom is -0.473 e. The van der Waals surface area contributed by atoms with E-state index in [1.165, 1.54) is 51.6 Å². The van der Waals surface area contributed by atoms with Crippen molar-refractivity contribution in [2.45, 2.75) is 57.3 Å². The molecule has 0 radical (unpaired) electrons. The van der Waals surface area contributed by atoms with Gasteiger partial charge in [0.25, 0.3) is 5.95 Å². The number of hydrogen-bond acceptors (Lipinski definition) is 7. The molecule has 4 heterocycles. The number of amides is 1. The van der Waals surface area contributed by atoms with Crippen LogP contribution in [0.1, 0.15) is 63.2 Å². The molecule has 5 rings (SSSR count). The Kier molecular flexibility index (Phi) is 7.18. The van der Waals surface area contributed by atoms with Gasteiger partial charge in [-0.2, -0.15) is 4.98 Å². The van der Waals surface area contributed by atoms with E-state index in [0.29, 0.717) is 30.1 Å². The van der Waals surface area contributed by atoms with Gasteiger partial charge >= 0.3 is 11.9 Å². The first-order chi connectivity index (χ1) is 13.9. The molecule has 160 valence electrons. The number of carbonyl (C=O) groups excluding carboxylic acids is 1. The van der Waals surface area contributed by atoms with Gasteiger partial charge in [-0.15, -0.1) is 0 Å². The smallest absolute Gasteiger partial charge is 0.414 e. The van der Waals surface area contributed by atoms with E-state index in [0.717, 1.165) is 18.9 Å². The van der Waals surface area contributed by atoms with Crippen molar-refractivity contribution in [2.75, 3.05) is 25.0 Å². The van der Waals surface area contributed by atoms with Gasteiger partial charge in [0, 0.05) is 13.0 Å². The lowest BCUT2D eigenvalue weighted by Gasteiger charge is -2.43. The van der Waals surface area contributed by atoms with Crippen molar-refractivity contribution in [1.82, 2.24) is 15.0 Å².